The fourth-order valence-corrected chi connectivity index (χ4v) is 3.61. The Labute approximate surface area is 116 Å². The number of amides is 1. The van der Waals surface area contributed by atoms with Gasteiger partial charge < -0.3 is 10.0 Å². The first-order chi connectivity index (χ1) is 8.97. The van der Waals surface area contributed by atoms with E-state index >= 15 is 0 Å². The van der Waals surface area contributed by atoms with Crippen molar-refractivity contribution in [1.82, 2.24) is 4.90 Å². The Morgan fingerprint density at radius 3 is 2.05 bits per heavy atom. The summed E-state index contributed by atoms with van der Waals surface area (Å²) in [5, 5.41) is 9.71. The van der Waals surface area contributed by atoms with E-state index in [1.807, 2.05) is 16.7 Å². The molecule has 1 N–H and O–H groups in total. The van der Waals surface area contributed by atoms with Crippen molar-refractivity contribution in [3.05, 3.63) is 35.4 Å². The van der Waals surface area contributed by atoms with Gasteiger partial charge in [-0.1, -0.05) is 13.8 Å². The molecule has 0 aromatic heterocycles. The van der Waals surface area contributed by atoms with Gasteiger partial charge in [0.25, 0.3) is 5.91 Å². The lowest BCUT2D eigenvalue weighted by atomic mass is 10.1. The number of nitrogens with zero attached hydrogens (tertiary/aromatic N) is 1. The van der Waals surface area contributed by atoms with Crippen LogP contribution in [0.3, 0.4) is 0 Å². The second-order valence-electron chi connectivity index (χ2n) is 4.85. The van der Waals surface area contributed by atoms with Gasteiger partial charge in [0.1, 0.15) is 0 Å². The molecule has 2 atom stereocenters. The number of hydrogen-bond acceptors (Lipinski definition) is 3. The van der Waals surface area contributed by atoms with Crippen molar-refractivity contribution in [2.75, 3.05) is 13.1 Å². The quantitative estimate of drug-likeness (QED) is 0.903. The highest BCUT2D eigenvalue weighted by atomic mass is 32.2. The first-order valence-electron chi connectivity index (χ1n) is 6.25. The van der Waals surface area contributed by atoms with Crippen molar-refractivity contribution in [2.24, 2.45) is 0 Å². The highest BCUT2D eigenvalue weighted by Gasteiger charge is 2.26. The van der Waals surface area contributed by atoms with Gasteiger partial charge >= 0.3 is 5.97 Å². The topological polar surface area (TPSA) is 57.6 Å². The number of aromatic carboxylic acids is 1. The van der Waals surface area contributed by atoms with Crippen molar-refractivity contribution in [2.45, 2.75) is 24.3 Å². The number of rotatable bonds is 2. The molecule has 1 saturated heterocycles. The lowest BCUT2D eigenvalue weighted by molar-refractivity contribution is 0.0694. The van der Waals surface area contributed by atoms with Crippen molar-refractivity contribution >= 4 is 23.6 Å². The summed E-state index contributed by atoms with van der Waals surface area (Å²) in [5.74, 6) is -0.994. The first kappa shape index (κ1) is 13.9. The van der Waals surface area contributed by atoms with E-state index in [0.29, 0.717) is 16.1 Å². The van der Waals surface area contributed by atoms with Crippen LogP contribution in [-0.4, -0.2) is 45.5 Å². The Hall–Kier alpha value is -1.49. The van der Waals surface area contributed by atoms with Gasteiger partial charge in [0, 0.05) is 29.2 Å². The summed E-state index contributed by atoms with van der Waals surface area (Å²) in [6.45, 7) is 5.73. The fourth-order valence-electron chi connectivity index (χ4n) is 2.28. The van der Waals surface area contributed by atoms with Crippen molar-refractivity contribution in [1.29, 1.82) is 0 Å². The summed E-state index contributed by atoms with van der Waals surface area (Å²) in [6, 6.07) is 6.12. The SMILES string of the molecule is CC1CN(C(=O)c2ccc(C(=O)O)cc2)CC(C)S1. The Kier molecular flexibility index (Phi) is 4.14. The van der Waals surface area contributed by atoms with E-state index in [-0.39, 0.29) is 11.5 Å². The summed E-state index contributed by atoms with van der Waals surface area (Å²) in [4.78, 5) is 25.0. The molecule has 1 aliphatic rings. The van der Waals surface area contributed by atoms with Crippen molar-refractivity contribution in [3.8, 4) is 0 Å². The summed E-state index contributed by atoms with van der Waals surface area (Å²) < 4.78 is 0. The monoisotopic (exact) mass is 279 g/mol. The number of thioether (sulfide) groups is 1. The largest absolute Gasteiger partial charge is 0.478 e. The molecule has 0 aliphatic carbocycles. The summed E-state index contributed by atoms with van der Waals surface area (Å²) in [7, 11) is 0. The zero-order valence-corrected chi connectivity index (χ0v) is 11.8. The van der Waals surface area contributed by atoms with E-state index in [1.165, 1.54) is 12.1 Å². The molecule has 1 aliphatic heterocycles. The Morgan fingerprint density at radius 1 is 1.11 bits per heavy atom. The molecule has 1 aromatic carbocycles. The normalized spacial score (nSPS) is 23.2. The number of carbonyl (C=O) groups is 2. The maximum absolute atomic E-state index is 12.3. The van der Waals surface area contributed by atoms with Crippen LogP contribution < -0.4 is 0 Å². The lowest BCUT2D eigenvalue weighted by Gasteiger charge is -2.34. The maximum Gasteiger partial charge on any atom is 0.335 e. The summed E-state index contributed by atoms with van der Waals surface area (Å²) in [5.41, 5.74) is 0.754. The molecule has 1 fully saturated rings. The third-order valence-electron chi connectivity index (χ3n) is 3.09. The molecule has 2 rings (SSSR count). The Morgan fingerprint density at radius 2 is 1.58 bits per heavy atom. The van der Waals surface area contributed by atoms with Crippen LogP contribution in [0, 0.1) is 0 Å². The molecule has 5 heteroatoms. The van der Waals surface area contributed by atoms with E-state index < -0.39 is 5.97 Å². The molecule has 1 heterocycles. The molecular formula is C14H17NO3S. The fraction of sp³-hybridized carbons (Fsp3) is 0.429. The molecule has 0 saturated carbocycles. The van der Waals surface area contributed by atoms with E-state index in [0.717, 1.165) is 13.1 Å². The third kappa shape index (κ3) is 3.29. The Bertz CT molecular complexity index is 476. The molecule has 4 nitrogen and oxygen atoms in total. The predicted octanol–water partition coefficient (Wildman–Crippen LogP) is 2.35. The van der Waals surface area contributed by atoms with Gasteiger partial charge in [0.2, 0.25) is 0 Å². The van der Waals surface area contributed by atoms with Crippen LogP contribution in [0.25, 0.3) is 0 Å². The van der Waals surface area contributed by atoms with Gasteiger partial charge in [-0.25, -0.2) is 4.79 Å². The minimum atomic E-state index is -0.976. The zero-order chi connectivity index (χ0) is 14.0. The predicted molar refractivity (Wildman–Crippen MR) is 75.8 cm³/mol. The second kappa shape index (κ2) is 5.65. The minimum Gasteiger partial charge on any atom is -0.478 e. The summed E-state index contributed by atoms with van der Waals surface area (Å²) in [6.07, 6.45) is 0. The van der Waals surface area contributed by atoms with E-state index in [2.05, 4.69) is 13.8 Å². The molecule has 1 aromatic rings. The van der Waals surface area contributed by atoms with Crippen LogP contribution in [0.2, 0.25) is 0 Å². The molecular weight excluding hydrogens is 262 g/mol. The highest BCUT2D eigenvalue weighted by molar-refractivity contribution is 8.00. The standard InChI is InChI=1S/C14H17NO3S/c1-9-7-15(8-10(2)19-9)13(16)11-3-5-12(6-4-11)14(17)18/h3-6,9-10H,7-8H2,1-2H3,(H,17,18). The van der Waals surface area contributed by atoms with Crippen molar-refractivity contribution < 1.29 is 14.7 Å². The van der Waals surface area contributed by atoms with Crippen LogP contribution in [0.4, 0.5) is 0 Å². The van der Waals surface area contributed by atoms with Crippen LogP contribution in [-0.2, 0) is 0 Å². The van der Waals surface area contributed by atoms with E-state index in [4.69, 9.17) is 5.11 Å². The van der Waals surface area contributed by atoms with Gasteiger partial charge in [-0.05, 0) is 24.3 Å². The molecule has 2 unspecified atom stereocenters. The number of carbonyl (C=O) groups excluding carboxylic acids is 1. The Balaban J connectivity index is 2.12. The van der Waals surface area contributed by atoms with Gasteiger partial charge in [-0.15, -0.1) is 0 Å². The molecule has 0 radical (unpaired) electrons. The van der Waals surface area contributed by atoms with Crippen LogP contribution in [0.5, 0.6) is 0 Å². The smallest absolute Gasteiger partial charge is 0.335 e. The molecule has 0 spiro atoms. The van der Waals surface area contributed by atoms with Crippen LogP contribution in [0.1, 0.15) is 34.6 Å². The van der Waals surface area contributed by atoms with Gasteiger partial charge in [-0.2, -0.15) is 11.8 Å². The van der Waals surface area contributed by atoms with Gasteiger partial charge in [-0.3, -0.25) is 4.79 Å². The number of hydrogen-bond donors (Lipinski definition) is 1. The number of carboxylic acid groups (broad SMARTS) is 1. The van der Waals surface area contributed by atoms with Gasteiger partial charge in [0.05, 0.1) is 5.56 Å². The average molecular weight is 279 g/mol. The zero-order valence-electron chi connectivity index (χ0n) is 11.0. The van der Waals surface area contributed by atoms with Gasteiger partial charge in [0.15, 0.2) is 0 Å². The molecule has 0 bridgehead atoms. The van der Waals surface area contributed by atoms with Crippen LogP contribution >= 0.6 is 11.8 Å². The number of benzene rings is 1. The minimum absolute atomic E-state index is 0.0176. The van der Waals surface area contributed by atoms with E-state index in [1.54, 1.807) is 12.1 Å². The summed E-state index contributed by atoms with van der Waals surface area (Å²) >= 11 is 1.89. The lowest BCUT2D eigenvalue weighted by Crippen LogP contribution is -2.44. The maximum atomic E-state index is 12.3. The molecule has 1 amide bonds. The second-order valence-corrected chi connectivity index (χ2v) is 6.73. The van der Waals surface area contributed by atoms with E-state index in [9.17, 15) is 9.59 Å². The molecule has 102 valence electrons. The number of carboxylic acids is 1. The first-order valence-corrected chi connectivity index (χ1v) is 7.19. The molecule has 19 heavy (non-hydrogen) atoms. The average Bonchev–Trinajstić information content (AvgIpc) is 2.37. The highest BCUT2D eigenvalue weighted by Crippen LogP contribution is 2.25. The van der Waals surface area contributed by atoms with Crippen molar-refractivity contribution in [3.63, 3.8) is 0 Å². The van der Waals surface area contributed by atoms with Crippen LogP contribution in [0.15, 0.2) is 24.3 Å². The third-order valence-corrected chi connectivity index (χ3v) is 4.31.